The van der Waals surface area contributed by atoms with Gasteiger partial charge in [0, 0.05) is 0 Å². The smallest absolute Gasteiger partial charge is 0.288 e. The minimum absolute atomic E-state index is 0.353. The molecule has 0 aromatic heterocycles. The zero-order chi connectivity index (χ0) is 34.5. The lowest BCUT2D eigenvalue weighted by Crippen LogP contribution is -2.75. The number of rotatable bonds is 12. The normalized spacial score (nSPS) is 21.5. The van der Waals surface area contributed by atoms with Crippen LogP contribution in [0.2, 0.25) is 0 Å². The molecule has 0 N–H and O–H groups in total. The number of fused-ring (bicyclic) bond motifs is 2. The Morgan fingerprint density at radius 2 is 0.765 bits per heavy atom. The van der Waals surface area contributed by atoms with E-state index in [-0.39, 0.29) is 6.10 Å². The second-order valence-electron chi connectivity index (χ2n) is 12.9. The van der Waals surface area contributed by atoms with Crippen LogP contribution < -0.4 is 31.1 Å². The third-order valence-electron chi connectivity index (χ3n) is 9.98. The van der Waals surface area contributed by atoms with Gasteiger partial charge in [-0.2, -0.15) is 0 Å². The Balaban J connectivity index is 1.31. The molecule has 2 aliphatic heterocycles. The van der Waals surface area contributed by atoms with E-state index in [1.54, 1.807) is 0 Å². The summed E-state index contributed by atoms with van der Waals surface area (Å²) in [7, 11) is -6.42. The van der Waals surface area contributed by atoms with Gasteiger partial charge in [0.2, 0.25) is 0 Å². The summed E-state index contributed by atoms with van der Waals surface area (Å²) in [6.45, 7) is 4.40. The molecular weight excluding hydrogens is 665 g/mol. The Morgan fingerprint density at radius 3 is 1.08 bits per heavy atom. The van der Waals surface area contributed by atoms with Crippen molar-refractivity contribution in [1.29, 1.82) is 0 Å². The maximum Gasteiger partial charge on any atom is 0.288 e. The van der Waals surface area contributed by atoms with E-state index < -0.39 is 41.2 Å². The molecule has 2 bridgehead atoms. The predicted octanol–water partition coefficient (Wildman–Crippen LogP) is 4.37. The summed E-state index contributed by atoms with van der Waals surface area (Å²) in [5.74, 6) is 0. The van der Waals surface area contributed by atoms with Crippen LogP contribution in [-0.2, 0) is 23.1 Å². The standard InChI is InChI=1S/C44H40O5Si2/c1-2-45-42-41(48-50(34-21-9-3-10-22-34,35-23-11-4-12-24-35)36-25-13-5-14-26-36)40-33-46-44(47-40)43(42)49-51(37-27-15-6-16-28-37,38-29-17-7-18-30-38)39-31-19-8-20-32-39/h2-32,40-44H,1,33H2/t40-,41-,42+,43-,44-/m1/s1. The lowest BCUT2D eigenvalue weighted by atomic mass is 10.0. The molecule has 5 nitrogen and oxygen atoms in total. The van der Waals surface area contributed by atoms with E-state index in [0.29, 0.717) is 6.61 Å². The van der Waals surface area contributed by atoms with E-state index in [4.69, 9.17) is 23.1 Å². The maximum absolute atomic E-state index is 7.79. The van der Waals surface area contributed by atoms with Crippen LogP contribution in [0.4, 0.5) is 0 Å². The molecule has 0 spiro atoms. The molecule has 5 atom stereocenters. The predicted molar refractivity (Wildman–Crippen MR) is 207 cm³/mol. The van der Waals surface area contributed by atoms with Gasteiger partial charge in [0.05, 0.1) is 12.9 Å². The van der Waals surface area contributed by atoms with E-state index in [1.165, 1.54) is 6.26 Å². The highest BCUT2D eigenvalue weighted by molar-refractivity contribution is 7.07. The maximum atomic E-state index is 7.79. The second kappa shape index (κ2) is 14.8. The first-order chi connectivity index (χ1) is 25.2. The SMILES string of the molecule is C=CO[C@@H]1[C@@H](O[Si](c2ccccc2)(c2ccccc2)c2ccccc2)[C@@H]2OC[C@@H](O2)[C@H]1O[Si](c1ccccc1)(c1ccccc1)c1ccccc1. The Kier molecular flexibility index (Phi) is 9.64. The third kappa shape index (κ3) is 6.12. The van der Waals surface area contributed by atoms with Crippen LogP contribution in [0.1, 0.15) is 0 Å². The Bertz CT molecular complexity index is 1660. The summed E-state index contributed by atoms with van der Waals surface area (Å²) in [5.41, 5.74) is 0. The summed E-state index contributed by atoms with van der Waals surface area (Å²) in [4.78, 5) is 0. The highest BCUT2D eigenvalue weighted by Crippen LogP contribution is 2.36. The molecule has 0 unspecified atom stereocenters. The van der Waals surface area contributed by atoms with Crippen LogP contribution in [-0.4, -0.2) is 53.9 Å². The molecule has 0 radical (unpaired) electrons. The molecule has 2 fully saturated rings. The molecule has 7 heteroatoms. The summed E-state index contributed by atoms with van der Waals surface area (Å²) >= 11 is 0. The van der Waals surface area contributed by atoms with E-state index >= 15 is 0 Å². The average molecular weight is 705 g/mol. The fourth-order valence-corrected chi connectivity index (χ4v) is 15.9. The van der Waals surface area contributed by atoms with Crippen LogP contribution in [0.15, 0.2) is 195 Å². The summed E-state index contributed by atoms with van der Waals surface area (Å²) in [6, 6.07) is 63.4. The first-order valence-corrected chi connectivity index (χ1v) is 21.3. The molecule has 8 rings (SSSR count). The van der Waals surface area contributed by atoms with Crippen LogP contribution in [0.25, 0.3) is 0 Å². The summed E-state index contributed by atoms with van der Waals surface area (Å²) in [6.07, 6.45) is -1.36. The third-order valence-corrected chi connectivity index (χ3v) is 18.1. The number of benzene rings is 6. The van der Waals surface area contributed by atoms with Gasteiger partial charge in [-0.05, 0) is 31.1 Å². The molecule has 6 aromatic rings. The first kappa shape index (κ1) is 33.3. The minimum Gasteiger partial charge on any atom is -0.493 e. The molecule has 0 saturated carbocycles. The lowest BCUT2D eigenvalue weighted by Gasteiger charge is -2.47. The van der Waals surface area contributed by atoms with Crippen LogP contribution >= 0.6 is 0 Å². The van der Waals surface area contributed by atoms with Crippen LogP contribution in [0.3, 0.4) is 0 Å². The van der Waals surface area contributed by atoms with Gasteiger partial charge in [0.1, 0.15) is 18.3 Å². The first-order valence-electron chi connectivity index (χ1n) is 17.5. The molecule has 0 amide bonds. The number of hydrogen-bond acceptors (Lipinski definition) is 5. The lowest BCUT2D eigenvalue weighted by molar-refractivity contribution is -0.219. The van der Waals surface area contributed by atoms with Gasteiger partial charge < -0.3 is 23.1 Å². The summed E-state index contributed by atoms with van der Waals surface area (Å²) < 4.78 is 35.4. The molecule has 2 aliphatic rings. The Morgan fingerprint density at radius 1 is 0.451 bits per heavy atom. The van der Waals surface area contributed by atoms with Crippen molar-refractivity contribution in [2.75, 3.05) is 6.61 Å². The summed E-state index contributed by atoms with van der Waals surface area (Å²) in [5, 5.41) is 6.70. The van der Waals surface area contributed by atoms with E-state index in [0.717, 1.165) is 31.1 Å². The topological polar surface area (TPSA) is 46.2 Å². The van der Waals surface area contributed by atoms with Crippen LogP contribution in [0.5, 0.6) is 0 Å². The molecule has 2 saturated heterocycles. The van der Waals surface area contributed by atoms with Crippen LogP contribution in [0, 0.1) is 0 Å². The van der Waals surface area contributed by atoms with Crippen molar-refractivity contribution in [2.45, 2.75) is 30.7 Å². The van der Waals surface area contributed by atoms with Crippen molar-refractivity contribution < 1.29 is 23.1 Å². The van der Waals surface area contributed by atoms with E-state index in [1.807, 2.05) is 36.4 Å². The van der Waals surface area contributed by atoms with Gasteiger partial charge in [-0.1, -0.05) is 189 Å². The monoisotopic (exact) mass is 704 g/mol. The molecule has 2 heterocycles. The van der Waals surface area contributed by atoms with Gasteiger partial charge in [-0.3, -0.25) is 0 Å². The fraction of sp³-hybridized carbons (Fsp3) is 0.136. The van der Waals surface area contributed by atoms with Crippen molar-refractivity contribution in [3.63, 3.8) is 0 Å². The number of ether oxygens (including phenoxy) is 3. The van der Waals surface area contributed by atoms with Gasteiger partial charge in [-0.25, -0.2) is 0 Å². The average Bonchev–Trinajstić information content (AvgIpc) is 3.66. The highest BCUT2D eigenvalue weighted by Gasteiger charge is 2.59. The molecule has 6 aromatic carbocycles. The molecule has 0 aliphatic carbocycles. The zero-order valence-corrected chi connectivity index (χ0v) is 30.2. The second-order valence-corrected chi connectivity index (χ2v) is 19.5. The quantitative estimate of drug-likeness (QED) is 0.108. The van der Waals surface area contributed by atoms with Crippen molar-refractivity contribution in [3.05, 3.63) is 195 Å². The van der Waals surface area contributed by atoms with Crippen molar-refractivity contribution >= 4 is 47.8 Å². The number of hydrogen-bond donors (Lipinski definition) is 0. The highest BCUT2D eigenvalue weighted by atomic mass is 28.4. The van der Waals surface area contributed by atoms with Crippen molar-refractivity contribution in [1.82, 2.24) is 0 Å². The van der Waals surface area contributed by atoms with E-state index in [9.17, 15) is 0 Å². The van der Waals surface area contributed by atoms with Gasteiger partial charge >= 0.3 is 0 Å². The van der Waals surface area contributed by atoms with Crippen molar-refractivity contribution in [2.24, 2.45) is 0 Å². The molecular formula is C44H40O5Si2. The Hall–Kier alpha value is -4.87. The fourth-order valence-electron chi connectivity index (χ4n) is 7.72. The molecule has 254 valence electrons. The van der Waals surface area contributed by atoms with Gasteiger partial charge in [-0.15, -0.1) is 0 Å². The zero-order valence-electron chi connectivity index (χ0n) is 28.2. The van der Waals surface area contributed by atoms with Gasteiger partial charge in [0.15, 0.2) is 12.4 Å². The molecule has 51 heavy (non-hydrogen) atoms. The minimum atomic E-state index is -3.22. The van der Waals surface area contributed by atoms with E-state index in [2.05, 4.69) is 152 Å². The Labute approximate surface area is 302 Å². The van der Waals surface area contributed by atoms with Gasteiger partial charge in [0.25, 0.3) is 16.6 Å². The largest absolute Gasteiger partial charge is 0.493 e. The van der Waals surface area contributed by atoms with Crippen molar-refractivity contribution in [3.8, 4) is 0 Å².